The van der Waals surface area contributed by atoms with Gasteiger partial charge >= 0.3 is 0 Å². The van der Waals surface area contributed by atoms with E-state index in [-0.39, 0.29) is 0 Å². The minimum atomic E-state index is 0.509. The maximum absolute atomic E-state index is 5.76. The van der Waals surface area contributed by atoms with Crippen LogP contribution in [-0.2, 0) is 0 Å². The summed E-state index contributed by atoms with van der Waals surface area (Å²) in [7, 11) is 1.93. The summed E-state index contributed by atoms with van der Waals surface area (Å²) in [4.78, 5) is 0. The highest BCUT2D eigenvalue weighted by Crippen LogP contribution is 2.27. The van der Waals surface area contributed by atoms with Crippen molar-refractivity contribution in [3.63, 3.8) is 0 Å². The van der Waals surface area contributed by atoms with Crippen molar-refractivity contribution in [3.05, 3.63) is 29.3 Å². The van der Waals surface area contributed by atoms with E-state index in [2.05, 4.69) is 44.3 Å². The summed E-state index contributed by atoms with van der Waals surface area (Å²) in [6, 6.07) is 6.42. The molecule has 0 aromatic heterocycles. The van der Waals surface area contributed by atoms with Gasteiger partial charge in [-0.05, 0) is 37.1 Å². The zero-order chi connectivity index (χ0) is 11.3. The monoisotopic (exact) mass is 207 g/mol. The van der Waals surface area contributed by atoms with Crippen molar-refractivity contribution < 1.29 is 4.74 Å². The van der Waals surface area contributed by atoms with Crippen LogP contribution >= 0.6 is 0 Å². The normalized spacial score (nSPS) is 10.7. The van der Waals surface area contributed by atoms with Gasteiger partial charge < -0.3 is 10.1 Å². The van der Waals surface area contributed by atoms with Crippen LogP contribution in [0.2, 0.25) is 0 Å². The highest BCUT2D eigenvalue weighted by atomic mass is 16.5. The molecule has 0 amide bonds. The second kappa shape index (κ2) is 5.76. The SMILES string of the molecule is CNCCOc1cc(C)ccc1C(C)C. The van der Waals surface area contributed by atoms with Gasteiger partial charge in [0.25, 0.3) is 0 Å². The molecule has 1 aromatic rings. The van der Waals surface area contributed by atoms with Crippen molar-refractivity contribution in [3.8, 4) is 5.75 Å². The molecule has 0 fully saturated rings. The van der Waals surface area contributed by atoms with Gasteiger partial charge in [0, 0.05) is 6.54 Å². The van der Waals surface area contributed by atoms with Crippen LogP contribution < -0.4 is 10.1 Å². The fourth-order valence-electron chi connectivity index (χ4n) is 1.51. The molecule has 0 aliphatic carbocycles. The van der Waals surface area contributed by atoms with Crippen LogP contribution in [-0.4, -0.2) is 20.2 Å². The van der Waals surface area contributed by atoms with E-state index in [0.717, 1.165) is 18.9 Å². The Labute approximate surface area is 92.6 Å². The molecular formula is C13H21NO. The molecule has 0 spiro atoms. The Bertz CT molecular complexity index is 307. The molecule has 1 N–H and O–H groups in total. The zero-order valence-electron chi connectivity index (χ0n) is 10.1. The van der Waals surface area contributed by atoms with Gasteiger partial charge in [-0.25, -0.2) is 0 Å². The first-order chi connectivity index (χ1) is 7.15. The molecule has 0 bridgehead atoms. The van der Waals surface area contributed by atoms with Gasteiger partial charge in [-0.15, -0.1) is 0 Å². The van der Waals surface area contributed by atoms with E-state index in [0.29, 0.717) is 5.92 Å². The van der Waals surface area contributed by atoms with Crippen LogP contribution in [0.5, 0.6) is 5.75 Å². The number of hydrogen-bond acceptors (Lipinski definition) is 2. The van der Waals surface area contributed by atoms with Crippen LogP contribution in [0.25, 0.3) is 0 Å². The summed E-state index contributed by atoms with van der Waals surface area (Å²) in [6.45, 7) is 8.07. The Balaban J connectivity index is 2.77. The Kier molecular flexibility index (Phi) is 4.63. The van der Waals surface area contributed by atoms with Gasteiger partial charge in [0.05, 0.1) is 0 Å². The molecule has 0 saturated carbocycles. The molecule has 1 aromatic carbocycles. The summed E-state index contributed by atoms with van der Waals surface area (Å²) < 4.78 is 5.76. The van der Waals surface area contributed by atoms with E-state index in [9.17, 15) is 0 Å². The van der Waals surface area contributed by atoms with Gasteiger partial charge in [0.2, 0.25) is 0 Å². The van der Waals surface area contributed by atoms with Crippen molar-refractivity contribution in [2.45, 2.75) is 26.7 Å². The smallest absolute Gasteiger partial charge is 0.123 e. The Morgan fingerprint density at radius 3 is 2.67 bits per heavy atom. The lowest BCUT2D eigenvalue weighted by molar-refractivity contribution is 0.314. The van der Waals surface area contributed by atoms with Crippen LogP contribution in [0.15, 0.2) is 18.2 Å². The van der Waals surface area contributed by atoms with Gasteiger partial charge in [0.1, 0.15) is 12.4 Å². The molecule has 0 aliphatic rings. The highest BCUT2D eigenvalue weighted by molar-refractivity contribution is 5.39. The van der Waals surface area contributed by atoms with Gasteiger partial charge in [0.15, 0.2) is 0 Å². The van der Waals surface area contributed by atoms with Crippen LogP contribution in [0.4, 0.5) is 0 Å². The standard InChI is InChI=1S/C13H21NO/c1-10(2)12-6-5-11(3)9-13(12)15-8-7-14-4/h5-6,9-10,14H,7-8H2,1-4H3. The van der Waals surface area contributed by atoms with E-state index in [1.54, 1.807) is 0 Å². The first-order valence-electron chi connectivity index (χ1n) is 5.53. The molecule has 0 unspecified atom stereocenters. The molecule has 0 atom stereocenters. The third-order valence-corrected chi connectivity index (χ3v) is 2.40. The number of rotatable bonds is 5. The largest absolute Gasteiger partial charge is 0.492 e. The number of ether oxygens (including phenoxy) is 1. The van der Waals surface area contributed by atoms with Crippen molar-refractivity contribution in [2.75, 3.05) is 20.2 Å². The lowest BCUT2D eigenvalue weighted by Gasteiger charge is -2.14. The van der Waals surface area contributed by atoms with E-state index in [4.69, 9.17) is 4.74 Å². The fourth-order valence-corrected chi connectivity index (χ4v) is 1.51. The minimum Gasteiger partial charge on any atom is -0.492 e. The molecule has 2 nitrogen and oxygen atoms in total. The van der Waals surface area contributed by atoms with Crippen molar-refractivity contribution >= 4 is 0 Å². The number of benzene rings is 1. The zero-order valence-corrected chi connectivity index (χ0v) is 10.1. The first-order valence-corrected chi connectivity index (χ1v) is 5.53. The lowest BCUT2D eigenvalue weighted by atomic mass is 10.0. The first kappa shape index (κ1) is 12.1. The molecule has 0 saturated heterocycles. The second-order valence-corrected chi connectivity index (χ2v) is 4.15. The number of aryl methyl sites for hydroxylation is 1. The number of nitrogens with one attached hydrogen (secondary N) is 1. The quantitative estimate of drug-likeness (QED) is 0.750. The second-order valence-electron chi connectivity index (χ2n) is 4.15. The third-order valence-electron chi connectivity index (χ3n) is 2.40. The maximum Gasteiger partial charge on any atom is 0.123 e. The van der Waals surface area contributed by atoms with Gasteiger partial charge in [-0.2, -0.15) is 0 Å². The predicted octanol–water partition coefficient (Wildman–Crippen LogP) is 2.72. The summed E-state index contributed by atoms with van der Waals surface area (Å²) in [5, 5.41) is 3.08. The number of hydrogen-bond donors (Lipinski definition) is 1. The predicted molar refractivity (Wildman–Crippen MR) is 64.7 cm³/mol. The summed E-state index contributed by atoms with van der Waals surface area (Å²) in [6.07, 6.45) is 0. The maximum atomic E-state index is 5.76. The molecule has 84 valence electrons. The van der Waals surface area contributed by atoms with Crippen molar-refractivity contribution in [1.29, 1.82) is 0 Å². The van der Waals surface area contributed by atoms with E-state index >= 15 is 0 Å². The van der Waals surface area contributed by atoms with Crippen molar-refractivity contribution in [2.24, 2.45) is 0 Å². The molecule has 15 heavy (non-hydrogen) atoms. The third kappa shape index (κ3) is 3.56. The Morgan fingerprint density at radius 1 is 1.33 bits per heavy atom. The van der Waals surface area contributed by atoms with Crippen molar-refractivity contribution in [1.82, 2.24) is 5.32 Å². The molecule has 0 heterocycles. The Hall–Kier alpha value is -1.02. The molecule has 2 heteroatoms. The average Bonchev–Trinajstić information content (AvgIpc) is 2.18. The molecule has 1 rings (SSSR count). The summed E-state index contributed by atoms with van der Waals surface area (Å²) >= 11 is 0. The van der Waals surface area contributed by atoms with E-state index in [1.807, 2.05) is 7.05 Å². The summed E-state index contributed by atoms with van der Waals surface area (Å²) in [5.41, 5.74) is 2.54. The van der Waals surface area contributed by atoms with Gasteiger partial charge in [-0.1, -0.05) is 26.0 Å². The van der Waals surface area contributed by atoms with Crippen LogP contribution in [0.1, 0.15) is 30.9 Å². The molecular weight excluding hydrogens is 186 g/mol. The molecule has 0 aliphatic heterocycles. The Morgan fingerprint density at radius 2 is 2.07 bits per heavy atom. The van der Waals surface area contributed by atoms with E-state index < -0.39 is 0 Å². The number of likely N-dealkylation sites (N-methyl/N-ethyl adjacent to an activating group) is 1. The minimum absolute atomic E-state index is 0.509. The van der Waals surface area contributed by atoms with Crippen LogP contribution in [0.3, 0.4) is 0 Å². The van der Waals surface area contributed by atoms with Crippen LogP contribution in [0, 0.1) is 6.92 Å². The molecule has 0 radical (unpaired) electrons. The fraction of sp³-hybridized carbons (Fsp3) is 0.538. The van der Waals surface area contributed by atoms with Gasteiger partial charge in [-0.3, -0.25) is 0 Å². The summed E-state index contributed by atoms with van der Waals surface area (Å²) in [5.74, 6) is 1.54. The van der Waals surface area contributed by atoms with E-state index in [1.165, 1.54) is 11.1 Å². The highest BCUT2D eigenvalue weighted by Gasteiger charge is 2.07. The average molecular weight is 207 g/mol. The lowest BCUT2D eigenvalue weighted by Crippen LogP contribution is -2.16. The topological polar surface area (TPSA) is 21.3 Å².